The van der Waals surface area contributed by atoms with Gasteiger partial charge >= 0.3 is 17.1 Å². The summed E-state index contributed by atoms with van der Waals surface area (Å²) < 4.78 is 0. The van der Waals surface area contributed by atoms with Crippen LogP contribution in [0.25, 0.3) is 11.1 Å². The van der Waals surface area contributed by atoms with Gasteiger partial charge < -0.3 is 11.5 Å². The van der Waals surface area contributed by atoms with Crippen molar-refractivity contribution in [2.24, 2.45) is 0 Å². The molecule has 3 rings (SSSR count). The van der Waals surface area contributed by atoms with Crippen LogP contribution in [0.15, 0.2) is 66.7 Å². The minimum atomic E-state index is 0. The molecule has 0 atom stereocenters. The van der Waals surface area contributed by atoms with Crippen molar-refractivity contribution in [2.45, 2.75) is 0 Å². The molecule has 0 aliphatic carbocycles. The van der Waals surface area contributed by atoms with Crippen molar-refractivity contribution in [3.05, 3.63) is 72.3 Å². The molecular formula is C18H18Cl2FeN2. The first-order chi connectivity index (χ1) is 9.74. The Bertz CT molecular complexity index is 682. The molecule has 0 saturated carbocycles. The second-order valence-electron chi connectivity index (χ2n) is 4.27. The Balaban J connectivity index is 0. The normalized spacial score (nSPS) is 8.13. The molecule has 2 nitrogen and oxygen atoms in total. The van der Waals surface area contributed by atoms with Crippen LogP contribution in [0.4, 0.5) is 11.4 Å². The van der Waals surface area contributed by atoms with Gasteiger partial charge in [-0.15, -0.1) is 49.3 Å². The van der Waals surface area contributed by atoms with E-state index < -0.39 is 0 Å². The minimum Gasteiger partial charge on any atom is -0.427 e. The molecule has 4 N–H and O–H groups in total. The van der Waals surface area contributed by atoms with Gasteiger partial charge in [0, 0.05) is 5.69 Å². The molecule has 122 valence electrons. The Morgan fingerprint density at radius 1 is 0.957 bits per heavy atom. The average molecular weight is 389 g/mol. The molecule has 0 radical (unpaired) electrons. The minimum absolute atomic E-state index is 0. The van der Waals surface area contributed by atoms with Gasteiger partial charge in [-0.1, -0.05) is 23.3 Å². The van der Waals surface area contributed by atoms with Crippen molar-refractivity contribution in [3.63, 3.8) is 0 Å². The summed E-state index contributed by atoms with van der Waals surface area (Å²) in [6.45, 7) is 0. The monoisotopic (exact) mass is 388 g/mol. The van der Waals surface area contributed by atoms with Gasteiger partial charge in [-0.3, -0.25) is 0 Å². The fourth-order valence-corrected chi connectivity index (χ4v) is 1.93. The zero-order chi connectivity index (χ0) is 14.4. The van der Waals surface area contributed by atoms with E-state index in [2.05, 4.69) is 5.92 Å². The molecule has 0 heterocycles. The van der Waals surface area contributed by atoms with Crippen LogP contribution >= 0.6 is 24.8 Å². The third-order valence-corrected chi connectivity index (χ3v) is 2.94. The maximum absolute atomic E-state index is 5.93. The number of nitrogen functional groups attached to an aromatic ring is 2. The molecule has 0 aromatic heterocycles. The van der Waals surface area contributed by atoms with Gasteiger partial charge in [-0.25, -0.2) is 12.1 Å². The summed E-state index contributed by atoms with van der Waals surface area (Å²) in [6.07, 6.45) is 5.43. The number of terminal acetylenes is 1. The van der Waals surface area contributed by atoms with E-state index >= 15 is 0 Å². The summed E-state index contributed by atoms with van der Waals surface area (Å²) in [5.41, 5.74) is 15.4. The molecule has 0 unspecified atom stereocenters. The quantitative estimate of drug-likeness (QED) is 0.279. The second kappa shape index (κ2) is 11.7. The van der Waals surface area contributed by atoms with Gasteiger partial charge in [0.1, 0.15) is 0 Å². The number of nitrogens with two attached hydrogens (primary N) is 2. The van der Waals surface area contributed by atoms with Gasteiger partial charge in [-0.2, -0.15) is 30.3 Å². The third kappa shape index (κ3) is 6.06. The van der Waals surface area contributed by atoms with Crippen LogP contribution in [-0.2, 0) is 17.1 Å². The number of rotatable bonds is 1. The Labute approximate surface area is 160 Å². The smallest absolute Gasteiger partial charge is 0.427 e. The molecule has 0 spiro atoms. The number of halogens is 2. The first-order valence-electron chi connectivity index (χ1n) is 6.27. The molecule has 0 bridgehead atoms. The summed E-state index contributed by atoms with van der Waals surface area (Å²) in [7, 11) is 0. The van der Waals surface area contributed by atoms with Gasteiger partial charge in [0.15, 0.2) is 0 Å². The zero-order valence-electron chi connectivity index (χ0n) is 12.3. The number of anilines is 2. The average Bonchev–Trinajstić information content (AvgIpc) is 3.17. The van der Waals surface area contributed by atoms with Crippen LogP contribution in [0.5, 0.6) is 0 Å². The Kier molecular flexibility index (Phi) is 11.9. The first kappa shape index (κ1) is 23.4. The summed E-state index contributed by atoms with van der Waals surface area (Å²) in [6, 6.07) is 21.4. The van der Waals surface area contributed by atoms with Gasteiger partial charge in [0.25, 0.3) is 0 Å². The fraction of sp³-hybridized carbons (Fsp3) is 0. The van der Waals surface area contributed by atoms with Crippen LogP contribution in [0.3, 0.4) is 0 Å². The molecule has 5 heteroatoms. The summed E-state index contributed by atoms with van der Waals surface area (Å²) >= 11 is 0. The van der Waals surface area contributed by atoms with E-state index in [0.717, 1.165) is 16.7 Å². The van der Waals surface area contributed by atoms with E-state index in [1.807, 2.05) is 60.7 Å². The number of hydrogen-bond donors (Lipinski definition) is 2. The predicted molar refractivity (Wildman–Crippen MR) is 101 cm³/mol. The number of benzene rings is 1. The Morgan fingerprint density at radius 3 is 1.96 bits per heavy atom. The molecule has 0 fully saturated rings. The van der Waals surface area contributed by atoms with E-state index in [9.17, 15) is 0 Å². The molecule has 23 heavy (non-hydrogen) atoms. The van der Waals surface area contributed by atoms with E-state index in [1.54, 1.807) is 6.07 Å². The van der Waals surface area contributed by atoms with Gasteiger partial charge in [-0.05, 0) is 11.3 Å². The van der Waals surface area contributed by atoms with E-state index in [0.29, 0.717) is 11.4 Å². The molecule has 0 amide bonds. The van der Waals surface area contributed by atoms with Crippen molar-refractivity contribution >= 4 is 36.2 Å². The summed E-state index contributed by atoms with van der Waals surface area (Å²) in [4.78, 5) is 0. The maximum Gasteiger partial charge on any atom is 2.00 e. The molecule has 3 aromatic carbocycles. The molecule has 3 aromatic rings. The van der Waals surface area contributed by atoms with E-state index in [1.165, 1.54) is 0 Å². The molecular weight excluding hydrogens is 371 g/mol. The topological polar surface area (TPSA) is 52.0 Å². The maximum atomic E-state index is 5.93. The van der Waals surface area contributed by atoms with Crippen molar-refractivity contribution in [1.29, 1.82) is 0 Å². The van der Waals surface area contributed by atoms with Crippen molar-refractivity contribution in [3.8, 4) is 23.5 Å². The summed E-state index contributed by atoms with van der Waals surface area (Å²) in [5.74, 6) is 2.62. The largest absolute Gasteiger partial charge is 2.00 e. The van der Waals surface area contributed by atoms with Crippen LogP contribution in [-0.4, -0.2) is 0 Å². The molecule has 0 aliphatic heterocycles. The molecule has 0 saturated heterocycles. The fourth-order valence-electron chi connectivity index (χ4n) is 1.93. The molecule has 0 aliphatic rings. The third-order valence-electron chi connectivity index (χ3n) is 2.94. The van der Waals surface area contributed by atoms with Crippen LogP contribution in [0.2, 0.25) is 0 Å². The van der Waals surface area contributed by atoms with Crippen molar-refractivity contribution in [1.82, 2.24) is 0 Å². The zero-order valence-corrected chi connectivity index (χ0v) is 15.0. The SMILES string of the molecule is C#Cc1ccc(N)c(N)c1-[c-]1cccc1.Cl.Cl.[Fe+2].c1cc[cH-]c1. The number of hydrogen-bond acceptors (Lipinski definition) is 2. The first-order valence-corrected chi connectivity index (χ1v) is 6.27. The van der Waals surface area contributed by atoms with E-state index in [4.69, 9.17) is 17.9 Å². The van der Waals surface area contributed by atoms with Gasteiger partial charge in [0.05, 0.1) is 0 Å². The van der Waals surface area contributed by atoms with Crippen LogP contribution < -0.4 is 11.5 Å². The van der Waals surface area contributed by atoms with E-state index in [-0.39, 0.29) is 41.9 Å². The van der Waals surface area contributed by atoms with Crippen LogP contribution in [0, 0.1) is 12.3 Å². The predicted octanol–water partition coefficient (Wildman–Crippen LogP) is 4.46. The van der Waals surface area contributed by atoms with Crippen molar-refractivity contribution in [2.75, 3.05) is 11.5 Å². The van der Waals surface area contributed by atoms with Crippen LogP contribution in [0.1, 0.15) is 5.56 Å². The van der Waals surface area contributed by atoms with Gasteiger partial charge in [0.2, 0.25) is 0 Å². The Hall–Kier alpha value is -1.82. The second-order valence-corrected chi connectivity index (χ2v) is 4.27. The standard InChI is InChI=1S/C13H11N2.C5H5.2ClH.Fe/c1-2-9-7-8-11(14)13(15)12(9)10-5-3-4-6-10;1-2-4-5-3-1;;;/h1,3-8H,14-15H2;1-5H;2*1H;/q2*-1;;;+2. The summed E-state index contributed by atoms with van der Waals surface area (Å²) in [5, 5.41) is 0. The Morgan fingerprint density at radius 2 is 1.52 bits per heavy atom. The van der Waals surface area contributed by atoms with Crippen molar-refractivity contribution < 1.29 is 17.1 Å².